The third-order valence-corrected chi connectivity index (χ3v) is 5.57. The molecular weight excluding hydrogens is 242 g/mol. The zero-order valence-corrected chi connectivity index (χ0v) is 11.4. The van der Waals surface area contributed by atoms with Gasteiger partial charge in [0.1, 0.15) is 0 Å². The SMILES string of the molecule is CC1CCN(C(=O)C2CCCCS2)CC1Cl. The van der Waals surface area contributed by atoms with Gasteiger partial charge in [-0.2, -0.15) is 0 Å². The molecule has 0 aromatic rings. The summed E-state index contributed by atoms with van der Waals surface area (Å²) < 4.78 is 0. The number of amides is 1. The Hall–Kier alpha value is 0.110. The Bertz CT molecular complexity index is 255. The minimum atomic E-state index is 0.145. The van der Waals surface area contributed by atoms with Gasteiger partial charge < -0.3 is 4.90 Å². The van der Waals surface area contributed by atoms with Crippen LogP contribution in [0.5, 0.6) is 0 Å². The zero-order valence-electron chi connectivity index (χ0n) is 9.82. The highest BCUT2D eigenvalue weighted by Crippen LogP contribution is 2.29. The van der Waals surface area contributed by atoms with Gasteiger partial charge in [-0.25, -0.2) is 0 Å². The van der Waals surface area contributed by atoms with Gasteiger partial charge in [-0.15, -0.1) is 23.4 Å². The Balaban J connectivity index is 1.89. The summed E-state index contributed by atoms with van der Waals surface area (Å²) in [6.07, 6.45) is 4.58. The summed E-state index contributed by atoms with van der Waals surface area (Å²) in [6.45, 7) is 3.83. The maximum absolute atomic E-state index is 12.3. The summed E-state index contributed by atoms with van der Waals surface area (Å²) >= 11 is 8.08. The molecule has 4 heteroatoms. The van der Waals surface area contributed by atoms with E-state index in [4.69, 9.17) is 11.6 Å². The van der Waals surface area contributed by atoms with Crippen LogP contribution in [-0.2, 0) is 4.79 Å². The van der Waals surface area contributed by atoms with E-state index < -0.39 is 0 Å². The number of piperidine rings is 1. The van der Waals surface area contributed by atoms with Crippen molar-refractivity contribution in [2.75, 3.05) is 18.8 Å². The lowest BCUT2D eigenvalue weighted by atomic mass is 9.98. The summed E-state index contributed by atoms with van der Waals surface area (Å²) in [6, 6.07) is 0. The molecule has 3 atom stereocenters. The average molecular weight is 262 g/mol. The van der Waals surface area contributed by atoms with E-state index >= 15 is 0 Å². The van der Waals surface area contributed by atoms with Crippen molar-refractivity contribution in [1.29, 1.82) is 0 Å². The molecule has 1 amide bonds. The largest absolute Gasteiger partial charge is 0.340 e. The topological polar surface area (TPSA) is 20.3 Å². The quantitative estimate of drug-likeness (QED) is 0.677. The predicted octanol–water partition coefficient (Wildman–Crippen LogP) is 2.75. The van der Waals surface area contributed by atoms with E-state index in [1.807, 2.05) is 16.7 Å². The molecule has 2 saturated heterocycles. The molecule has 2 aliphatic heterocycles. The molecule has 2 rings (SSSR count). The second kappa shape index (κ2) is 5.63. The van der Waals surface area contributed by atoms with Crippen molar-refractivity contribution >= 4 is 29.3 Å². The van der Waals surface area contributed by atoms with Crippen LogP contribution in [0.2, 0.25) is 0 Å². The van der Waals surface area contributed by atoms with Gasteiger partial charge in [-0.3, -0.25) is 4.79 Å². The van der Waals surface area contributed by atoms with Crippen LogP contribution in [0.15, 0.2) is 0 Å². The number of carbonyl (C=O) groups is 1. The number of halogens is 1. The number of thioether (sulfide) groups is 1. The fraction of sp³-hybridized carbons (Fsp3) is 0.917. The van der Waals surface area contributed by atoms with Crippen LogP contribution >= 0.6 is 23.4 Å². The Morgan fingerprint density at radius 3 is 2.81 bits per heavy atom. The van der Waals surface area contributed by atoms with E-state index in [2.05, 4.69) is 6.92 Å². The molecule has 2 nitrogen and oxygen atoms in total. The third kappa shape index (κ3) is 2.86. The Kier molecular flexibility index (Phi) is 4.42. The fourth-order valence-electron chi connectivity index (χ4n) is 2.36. The van der Waals surface area contributed by atoms with Gasteiger partial charge in [0.15, 0.2) is 0 Å². The molecule has 2 fully saturated rings. The number of hydrogen-bond donors (Lipinski definition) is 0. The number of alkyl halides is 1. The summed E-state index contributed by atoms with van der Waals surface area (Å²) in [4.78, 5) is 14.2. The molecule has 0 aromatic heterocycles. The van der Waals surface area contributed by atoms with E-state index in [-0.39, 0.29) is 10.6 Å². The minimum absolute atomic E-state index is 0.145. The lowest BCUT2D eigenvalue weighted by molar-refractivity contribution is -0.132. The lowest BCUT2D eigenvalue weighted by Crippen LogP contribution is -2.47. The molecule has 0 N–H and O–H groups in total. The second-order valence-electron chi connectivity index (χ2n) is 4.92. The van der Waals surface area contributed by atoms with Crippen LogP contribution in [0.25, 0.3) is 0 Å². The van der Waals surface area contributed by atoms with Crippen molar-refractivity contribution in [2.24, 2.45) is 5.92 Å². The third-order valence-electron chi connectivity index (χ3n) is 3.63. The number of likely N-dealkylation sites (tertiary alicyclic amines) is 1. The van der Waals surface area contributed by atoms with Crippen molar-refractivity contribution in [1.82, 2.24) is 4.90 Å². The van der Waals surface area contributed by atoms with E-state index in [1.54, 1.807) is 0 Å². The van der Waals surface area contributed by atoms with E-state index in [0.29, 0.717) is 11.8 Å². The van der Waals surface area contributed by atoms with Gasteiger partial charge in [0.2, 0.25) is 5.91 Å². The number of nitrogens with zero attached hydrogens (tertiary/aromatic N) is 1. The molecule has 2 aliphatic rings. The standard InChI is InChI=1S/C12H20ClNOS/c1-9-5-6-14(8-10(9)13)12(15)11-4-2-3-7-16-11/h9-11H,2-8H2,1H3. The van der Waals surface area contributed by atoms with Crippen LogP contribution < -0.4 is 0 Å². The van der Waals surface area contributed by atoms with Crippen molar-refractivity contribution in [3.8, 4) is 0 Å². The van der Waals surface area contributed by atoms with Gasteiger partial charge in [-0.05, 0) is 30.9 Å². The van der Waals surface area contributed by atoms with Crippen LogP contribution in [0.1, 0.15) is 32.6 Å². The van der Waals surface area contributed by atoms with E-state index in [0.717, 1.165) is 31.7 Å². The van der Waals surface area contributed by atoms with Crippen molar-refractivity contribution in [2.45, 2.75) is 43.2 Å². The summed E-state index contributed by atoms with van der Waals surface area (Å²) in [7, 11) is 0. The minimum Gasteiger partial charge on any atom is -0.340 e. The van der Waals surface area contributed by atoms with E-state index in [9.17, 15) is 4.79 Å². The summed E-state index contributed by atoms with van der Waals surface area (Å²) in [5, 5.41) is 0.359. The molecule has 16 heavy (non-hydrogen) atoms. The highest BCUT2D eigenvalue weighted by atomic mass is 35.5. The van der Waals surface area contributed by atoms with E-state index in [1.165, 1.54) is 12.8 Å². The first-order valence-electron chi connectivity index (χ1n) is 6.23. The van der Waals surface area contributed by atoms with Crippen LogP contribution in [0, 0.1) is 5.92 Å². The van der Waals surface area contributed by atoms with Crippen LogP contribution in [-0.4, -0.2) is 40.3 Å². The average Bonchev–Trinajstić information content (AvgIpc) is 2.33. The molecule has 0 aromatic carbocycles. The first kappa shape index (κ1) is 12.6. The Labute approximate surface area is 107 Å². The Morgan fingerprint density at radius 1 is 1.38 bits per heavy atom. The normalized spacial score (nSPS) is 36.1. The van der Waals surface area contributed by atoms with Crippen LogP contribution in [0.4, 0.5) is 0 Å². The number of hydrogen-bond acceptors (Lipinski definition) is 2. The van der Waals surface area contributed by atoms with Gasteiger partial charge >= 0.3 is 0 Å². The first-order chi connectivity index (χ1) is 7.68. The maximum atomic E-state index is 12.3. The molecule has 0 radical (unpaired) electrons. The first-order valence-corrected chi connectivity index (χ1v) is 7.71. The molecule has 92 valence electrons. The summed E-state index contributed by atoms with van der Waals surface area (Å²) in [5.41, 5.74) is 0. The zero-order chi connectivity index (χ0) is 11.5. The van der Waals surface area contributed by atoms with Crippen molar-refractivity contribution < 1.29 is 4.79 Å². The molecule has 0 bridgehead atoms. The molecule has 0 aliphatic carbocycles. The Morgan fingerprint density at radius 2 is 2.19 bits per heavy atom. The lowest BCUT2D eigenvalue weighted by Gasteiger charge is -2.36. The summed E-state index contributed by atoms with van der Waals surface area (Å²) in [5.74, 6) is 2.03. The number of rotatable bonds is 1. The molecule has 3 unspecified atom stereocenters. The molecule has 0 spiro atoms. The highest BCUT2D eigenvalue weighted by molar-refractivity contribution is 8.00. The van der Waals surface area contributed by atoms with Gasteiger partial charge in [0, 0.05) is 13.1 Å². The molecule has 2 heterocycles. The van der Waals surface area contributed by atoms with Crippen molar-refractivity contribution in [3.05, 3.63) is 0 Å². The number of carbonyl (C=O) groups excluding carboxylic acids is 1. The van der Waals surface area contributed by atoms with Gasteiger partial charge in [0.05, 0.1) is 10.6 Å². The maximum Gasteiger partial charge on any atom is 0.235 e. The predicted molar refractivity (Wildman–Crippen MR) is 70.1 cm³/mol. The van der Waals surface area contributed by atoms with Gasteiger partial charge in [-0.1, -0.05) is 13.3 Å². The van der Waals surface area contributed by atoms with Crippen molar-refractivity contribution in [3.63, 3.8) is 0 Å². The highest BCUT2D eigenvalue weighted by Gasteiger charge is 2.32. The smallest absolute Gasteiger partial charge is 0.235 e. The van der Waals surface area contributed by atoms with Gasteiger partial charge in [0.25, 0.3) is 0 Å². The fourth-order valence-corrected chi connectivity index (χ4v) is 3.93. The second-order valence-corrected chi connectivity index (χ2v) is 6.79. The monoisotopic (exact) mass is 261 g/mol. The molecule has 0 saturated carbocycles. The van der Waals surface area contributed by atoms with Crippen LogP contribution in [0.3, 0.4) is 0 Å². The molecular formula is C12H20ClNOS.